The highest BCUT2D eigenvalue weighted by molar-refractivity contribution is 7.90. The van der Waals surface area contributed by atoms with Crippen LogP contribution in [0.2, 0.25) is 0 Å². The molecule has 0 radical (unpaired) electrons. The smallest absolute Gasteiger partial charge is 0.247 e. The van der Waals surface area contributed by atoms with Crippen molar-refractivity contribution in [2.45, 2.75) is 31.6 Å². The van der Waals surface area contributed by atoms with Gasteiger partial charge in [-0.1, -0.05) is 29.8 Å². The summed E-state index contributed by atoms with van der Waals surface area (Å²) in [4.78, 5) is 10.5. The molecular weight excluding hydrogens is 298 g/mol. The first-order valence-corrected chi connectivity index (χ1v) is 9.14. The second-order valence-corrected chi connectivity index (χ2v) is 7.75. The maximum atomic E-state index is 11.6. The predicted octanol–water partition coefficient (Wildman–Crippen LogP) is 1.75. The number of sulfone groups is 1. The molecule has 0 bridgehead atoms. The Morgan fingerprint density at radius 2 is 1.95 bits per heavy atom. The van der Waals surface area contributed by atoms with Gasteiger partial charge in [0.2, 0.25) is 15.0 Å². The number of aryl methyl sites for hydroxylation is 1. The van der Waals surface area contributed by atoms with Gasteiger partial charge in [-0.15, -0.1) is 0 Å². The molecule has 1 aliphatic rings. The minimum atomic E-state index is -3.36. The molecule has 1 aliphatic heterocycles. The summed E-state index contributed by atoms with van der Waals surface area (Å²) < 4.78 is 23.2. The number of hydrogen-bond acceptors (Lipinski definition) is 5. The summed E-state index contributed by atoms with van der Waals surface area (Å²) in [6.07, 6.45) is 3.65. The van der Waals surface area contributed by atoms with Gasteiger partial charge in [-0.25, -0.2) is 18.4 Å². The number of hydrogen-bond donors (Lipinski definition) is 0. The van der Waals surface area contributed by atoms with Crippen molar-refractivity contribution in [1.82, 2.24) is 14.9 Å². The third kappa shape index (κ3) is 3.34. The third-order valence-electron chi connectivity index (χ3n) is 3.86. The van der Waals surface area contributed by atoms with E-state index in [0.29, 0.717) is 6.54 Å². The molecule has 0 N–H and O–H groups in total. The van der Waals surface area contributed by atoms with Gasteiger partial charge >= 0.3 is 0 Å². The van der Waals surface area contributed by atoms with Crippen molar-refractivity contribution >= 4 is 9.84 Å². The normalized spacial score (nSPS) is 15.5. The SMILES string of the molecule is Cc1ccc(CN2CCc3cnc(S(C)(=O)=O)nc3C2)cc1. The van der Waals surface area contributed by atoms with Gasteiger partial charge in [-0.05, 0) is 24.5 Å². The molecule has 0 saturated heterocycles. The van der Waals surface area contributed by atoms with E-state index in [2.05, 4.69) is 46.1 Å². The van der Waals surface area contributed by atoms with Crippen LogP contribution in [0.3, 0.4) is 0 Å². The fourth-order valence-corrected chi connectivity index (χ4v) is 3.12. The first-order valence-electron chi connectivity index (χ1n) is 7.24. The van der Waals surface area contributed by atoms with E-state index in [0.717, 1.165) is 37.0 Å². The van der Waals surface area contributed by atoms with Crippen LogP contribution < -0.4 is 0 Å². The van der Waals surface area contributed by atoms with E-state index in [4.69, 9.17) is 0 Å². The van der Waals surface area contributed by atoms with Crippen LogP contribution in [0, 0.1) is 6.92 Å². The molecule has 0 unspecified atom stereocenters. The van der Waals surface area contributed by atoms with Crippen molar-refractivity contribution in [3.05, 3.63) is 52.8 Å². The summed E-state index contributed by atoms with van der Waals surface area (Å²) in [5, 5.41) is -0.0802. The average Bonchev–Trinajstić information content (AvgIpc) is 2.48. The Morgan fingerprint density at radius 1 is 1.23 bits per heavy atom. The molecule has 0 saturated carbocycles. The molecular formula is C16H19N3O2S. The minimum absolute atomic E-state index is 0.0802. The van der Waals surface area contributed by atoms with Gasteiger partial charge < -0.3 is 0 Å². The van der Waals surface area contributed by atoms with Gasteiger partial charge in [0, 0.05) is 32.1 Å². The molecule has 6 heteroatoms. The molecule has 0 spiro atoms. The van der Waals surface area contributed by atoms with E-state index in [1.807, 2.05) is 0 Å². The van der Waals surface area contributed by atoms with Crippen LogP contribution in [0.1, 0.15) is 22.4 Å². The van der Waals surface area contributed by atoms with E-state index < -0.39 is 9.84 Å². The lowest BCUT2D eigenvalue weighted by Gasteiger charge is -2.27. The van der Waals surface area contributed by atoms with Crippen LogP contribution >= 0.6 is 0 Å². The monoisotopic (exact) mass is 317 g/mol. The maximum absolute atomic E-state index is 11.6. The van der Waals surface area contributed by atoms with Crippen molar-refractivity contribution in [2.75, 3.05) is 12.8 Å². The van der Waals surface area contributed by atoms with E-state index >= 15 is 0 Å². The largest absolute Gasteiger partial charge is 0.293 e. The number of aromatic nitrogens is 2. The van der Waals surface area contributed by atoms with Gasteiger partial charge in [-0.3, -0.25) is 4.90 Å². The van der Waals surface area contributed by atoms with Crippen LogP contribution in [-0.2, 0) is 29.3 Å². The number of rotatable bonds is 3. The van der Waals surface area contributed by atoms with Crippen LogP contribution in [0.15, 0.2) is 35.6 Å². The number of benzene rings is 1. The van der Waals surface area contributed by atoms with Crippen LogP contribution in [0.4, 0.5) is 0 Å². The first-order chi connectivity index (χ1) is 10.4. The van der Waals surface area contributed by atoms with Crippen LogP contribution in [0.25, 0.3) is 0 Å². The summed E-state index contributed by atoms with van der Waals surface area (Å²) in [6.45, 7) is 4.51. The molecule has 3 rings (SSSR count). The minimum Gasteiger partial charge on any atom is -0.293 e. The zero-order valence-corrected chi connectivity index (χ0v) is 13.6. The molecule has 0 amide bonds. The summed E-state index contributed by atoms with van der Waals surface area (Å²) in [5.74, 6) is 0. The number of fused-ring (bicyclic) bond motifs is 1. The van der Waals surface area contributed by atoms with Crippen molar-refractivity contribution in [3.8, 4) is 0 Å². The quantitative estimate of drug-likeness (QED) is 0.807. The molecule has 5 nitrogen and oxygen atoms in total. The predicted molar refractivity (Wildman–Crippen MR) is 84.1 cm³/mol. The van der Waals surface area contributed by atoms with Crippen molar-refractivity contribution in [1.29, 1.82) is 0 Å². The summed E-state index contributed by atoms with van der Waals surface area (Å²) in [6, 6.07) is 8.48. The Labute approximate surface area is 130 Å². The molecule has 0 fully saturated rings. The standard InChI is InChI=1S/C16H19N3O2S/c1-12-3-5-13(6-4-12)10-19-8-7-14-9-17-16(22(2,20)21)18-15(14)11-19/h3-6,9H,7-8,10-11H2,1-2H3. The summed E-state index contributed by atoms with van der Waals surface area (Å²) in [5.41, 5.74) is 4.38. The van der Waals surface area contributed by atoms with E-state index in [9.17, 15) is 8.42 Å². The van der Waals surface area contributed by atoms with Crippen molar-refractivity contribution in [3.63, 3.8) is 0 Å². The molecule has 22 heavy (non-hydrogen) atoms. The molecule has 0 atom stereocenters. The fraction of sp³-hybridized carbons (Fsp3) is 0.375. The summed E-state index contributed by atoms with van der Waals surface area (Å²) in [7, 11) is -3.36. The lowest BCUT2D eigenvalue weighted by atomic mass is 10.1. The van der Waals surface area contributed by atoms with Crippen LogP contribution in [0.5, 0.6) is 0 Å². The van der Waals surface area contributed by atoms with E-state index in [-0.39, 0.29) is 5.16 Å². The Balaban J connectivity index is 1.79. The van der Waals surface area contributed by atoms with Crippen LogP contribution in [-0.4, -0.2) is 36.1 Å². The fourth-order valence-electron chi connectivity index (χ4n) is 2.60. The average molecular weight is 317 g/mol. The zero-order chi connectivity index (χ0) is 15.7. The molecule has 2 aromatic rings. The summed E-state index contributed by atoms with van der Waals surface area (Å²) >= 11 is 0. The lowest BCUT2D eigenvalue weighted by Crippen LogP contribution is -2.31. The maximum Gasteiger partial charge on any atom is 0.247 e. The van der Waals surface area contributed by atoms with Crippen molar-refractivity contribution < 1.29 is 8.42 Å². The molecule has 1 aromatic carbocycles. The molecule has 2 heterocycles. The highest BCUT2D eigenvalue weighted by atomic mass is 32.2. The Kier molecular flexibility index (Phi) is 3.97. The Bertz CT molecular complexity index is 786. The molecule has 0 aliphatic carbocycles. The second kappa shape index (κ2) is 5.78. The van der Waals surface area contributed by atoms with Gasteiger partial charge in [0.05, 0.1) is 5.69 Å². The van der Waals surface area contributed by atoms with Gasteiger partial charge in [0.25, 0.3) is 0 Å². The highest BCUT2D eigenvalue weighted by Gasteiger charge is 2.21. The topological polar surface area (TPSA) is 63.2 Å². The van der Waals surface area contributed by atoms with E-state index in [1.54, 1.807) is 6.20 Å². The van der Waals surface area contributed by atoms with Gasteiger partial charge in [-0.2, -0.15) is 0 Å². The third-order valence-corrected chi connectivity index (χ3v) is 4.72. The Morgan fingerprint density at radius 3 is 2.64 bits per heavy atom. The highest BCUT2D eigenvalue weighted by Crippen LogP contribution is 2.19. The number of nitrogens with zero attached hydrogens (tertiary/aromatic N) is 3. The first kappa shape index (κ1) is 15.1. The molecule has 116 valence electrons. The van der Waals surface area contributed by atoms with E-state index in [1.165, 1.54) is 11.1 Å². The Hall–Kier alpha value is -1.79. The van der Waals surface area contributed by atoms with Gasteiger partial charge in [0.15, 0.2) is 0 Å². The zero-order valence-electron chi connectivity index (χ0n) is 12.8. The lowest BCUT2D eigenvalue weighted by molar-refractivity contribution is 0.240. The van der Waals surface area contributed by atoms with Gasteiger partial charge in [0.1, 0.15) is 0 Å². The molecule has 1 aromatic heterocycles. The second-order valence-electron chi connectivity index (χ2n) is 5.84. The van der Waals surface area contributed by atoms with Crippen molar-refractivity contribution in [2.24, 2.45) is 0 Å².